The molecule has 1 atom stereocenters. The van der Waals surface area contributed by atoms with E-state index in [4.69, 9.17) is 16.7 Å². The molecule has 96 valence electrons. The van der Waals surface area contributed by atoms with Crippen LogP contribution in [0, 0.1) is 0 Å². The van der Waals surface area contributed by atoms with Gasteiger partial charge in [0.1, 0.15) is 5.88 Å². The minimum Gasteiger partial charge on any atom is -0.394 e. The Bertz CT molecular complexity index is 330. The van der Waals surface area contributed by atoms with Crippen molar-refractivity contribution in [1.82, 2.24) is 5.32 Å². The number of nitrogens with one attached hydrogen (secondary N) is 1. The molecule has 0 saturated carbocycles. The first kappa shape index (κ1) is 16.4. The van der Waals surface area contributed by atoms with E-state index >= 15 is 0 Å². The maximum Gasteiger partial charge on any atom is 0.235 e. The first-order valence-corrected chi connectivity index (χ1v) is 6.71. The first-order chi connectivity index (χ1) is 8.17. The van der Waals surface area contributed by atoms with E-state index in [0.29, 0.717) is 0 Å². The molecule has 0 spiro atoms. The summed E-state index contributed by atoms with van der Waals surface area (Å²) in [6.45, 7) is 3.85. The van der Waals surface area contributed by atoms with Crippen molar-refractivity contribution in [2.24, 2.45) is 0 Å². The molecule has 1 amide bonds. The summed E-state index contributed by atoms with van der Waals surface area (Å²) in [6, 6.07) is 6.97. The molecule has 0 heterocycles. The van der Waals surface area contributed by atoms with Crippen molar-refractivity contribution >= 4 is 33.4 Å². The van der Waals surface area contributed by atoms with Gasteiger partial charge in [0.25, 0.3) is 0 Å². The summed E-state index contributed by atoms with van der Waals surface area (Å²) in [5.74, 6) is -0.397. The van der Waals surface area contributed by atoms with Crippen LogP contribution in [0.3, 0.4) is 0 Å². The molecule has 0 bridgehead atoms. The lowest BCUT2D eigenvalue weighted by atomic mass is 10.1. The van der Waals surface area contributed by atoms with E-state index in [0.717, 1.165) is 10.0 Å². The molecule has 1 rings (SSSR count). The number of carbonyl (C=O) groups excluding carboxylic acids is 1. The highest BCUT2D eigenvalue weighted by atomic mass is 79.9. The Kier molecular flexibility index (Phi) is 9.13. The Labute approximate surface area is 115 Å². The number of aliphatic hydroxyl groups excluding tert-OH is 1. The molecule has 0 fully saturated rings. The number of hydrogen-bond acceptors (Lipinski definition) is 2. The molecule has 5 heteroatoms. The monoisotopic (exact) mass is 321 g/mol. The van der Waals surface area contributed by atoms with Gasteiger partial charge in [-0.25, -0.2) is 0 Å². The third kappa shape index (κ3) is 6.05. The van der Waals surface area contributed by atoms with Gasteiger partial charge in [-0.2, -0.15) is 0 Å². The van der Waals surface area contributed by atoms with Crippen LogP contribution in [0.4, 0.5) is 0 Å². The highest BCUT2D eigenvalue weighted by Crippen LogP contribution is 2.16. The quantitative estimate of drug-likeness (QED) is 0.838. The number of rotatable bonds is 4. The Morgan fingerprint density at radius 3 is 2.35 bits per heavy atom. The fourth-order valence-electron chi connectivity index (χ4n) is 1.16. The van der Waals surface area contributed by atoms with Gasteiger partial charge in [0.15, 0.2) is 0 Å². The highest BCUT2D eigenvalue weighted by molar-refractivity contribution is 9.10. The van der Waals surface area contributed by atoms with Crippen LogP contribution < -0.4 is 5.32 Å². The summed E-state index contributed by atoms with van der Waals surface area (Å²) < 4.78 is 0.951. The fourth-order valence-corrected chi connectivity index (χ4v) is 1.50. The smallest absolute Gasteiger partial charge is 0.235 e. The van der Waals surface area contributed by atoms with Gasteiger partial charge in [-0.15, -0.1) is 11.6 Å². The first-order valence-electron chi connectivity index (χ1n) is 5.39. The van der Waals surface area contributed by atoms with Gasteiger partial charge in [0.05, 0.1) is 12.6 Å². The lowest BCUT2D eigenvalue weighted by molar-refractivity contribution is -0.119. The topological polar surface area (TPSA) is 49.3 Å². The van der Waals surface area contributed by atoms with E-state index < -0.39 is 6.04 Å². The summed E-state index contributed by atoms with van der Waals surface area (Å²) in [5.41, 5.74) is 0.846. The largest absolute Gasteiger partial charge is 0.394 e. The van der Waals surface area contributed by atoms with Gasteiger partial charge in [-0.05, 0) is 17.7 Å². The minimum atomic E-state index is -0.399. The molecule has 3 nitrogen and oxygen atoms in total. The third-order valence-electron chi connectivity index (χ3n) is 1.91. The highest BCUT2D eigenvalue weighted by Gasteiger charge is 2.12. The maximum absolute atomic E-state index is 11.1. The van der Waals surface area contributed by atoms with E-state index in [1.807, 2.05) is 38.1 Å². The van der Waals surface area contributed by atoms with Crippen LogP contribution in [0.2, 0.25) is 0 Å². The Morgan fingerprint density at radius 2 is 1.94 bits per heavy atom. The average Bonchev–Trinajstić information content (AvgIpc) is 2.39. The second kappa shape index (κ2) is 9.45. The molecule has 0 aliphatic carbocycles. The Balaban J connectivity index is 0.00000121. The molecule has 0 aliphatic heterocycles. The summed E-state index contributed by atoms with van der Waals surface area (Å²) >= 11 is 8.67. The lowest BCUT2D eigenvalue weighted by Gasteiger charge is -2.15. The van der Waals surface area contributed by atoms with E-state index in [1.165, 1.54) is 0 Å². The second-order valence-electron chi connectivity index (χ2n) is 2.99. The number of amides is 1. The van der Waals surface area contributed by atoms with Crippen molar-refractivity contribution in [3.05, 3.63) is 34.3 Å². The van der Waals surface area contributed by atoms with Crippen LogP contribution in [0.5, 0.6) is 0 Å². The normalized spacial score (nSPS) is 11.1. The van der Waals surface area contributed by atoms with Gasteiger partial charge in [-0.3, -0.25) is 4.79 Å². The number of hydrogen-bond donors (Lipinski definition) is 2. The molecule has 17 heavy (non-hydrogen) atoms. The predicted octanol–water partition coefficient (Wildman–Crippen LogP) is 2.86. The summed E-state index contributed by atoms with van der Waals surface area (Å²) in [7, 11) is 0. The number of benzene rings is 1. The van der Waals surface area contributed by atoms with E-state index in [-0.39, 0.29) is 18.4 Å². The van der Waals surface area contributed by atoms with E-state index in [2.05, 4.69) is 21.2 Å². The van der Waals surface area contributed by atoms with Gasteiger partial charge < -0.3 is 10.4 Å². The van der Waals surface area contributed by atoms with Crippen molar-refractivity contribution in [2.75, 3.05) is 12.5 Å². The van der Waals surface area contributed by atoms with Crippen molar-refractivity contribution in [2.45, 2.75) is 19.9 Å². The van der Waals surface area contributed by atoms with E-state index in [1.54, 1.807) is 0 Å². The maximum atomic E-state index is 11.1. The summed E-state index contributed by atoms with van der Waals surface area (Å²) in [4.78, 5) is 11.1. The van der Waals surface area contributed by atoms with Crippen molar-refractivity contribution < 1.29 is 9.90 Å². The van der Waals surface area contributed by atoms with Gasteiger partial charge in [0, 0.05) is 4.47 Å². The molecule has 1 aromatic carbocycles. The Morgan fingerprint density at radius 1 is 1.41 bits per heavy atom. The predicted molar refractivity (Wildman–Crippen MR) is 74.2 cm³/mol. The molecule has 0 radical (unpaired) electrons. The number of alkyl halides is 1. The zero-order valence-corrected chi connectivity index (χ0v) is 12.3. The molecule has 1 unspecified atom stereocenters. The van der Waals surface area contributed by atoms with E-state index in [9.17, 15) is 4.79 Å². The zero-order valence-electron chi connectivity index (χ0n) is 9.91. The Hall–Kier alpha value is -0.580. The SMILES string of the molecule is CC.O=C(CCl)NC(CO)c1ccc(Br)cc1. The van der Waals surface area contributed by atoms with Crippen molar-refractivity contribution in [3.63, 3.8) is 0 Å². The molecule has 0 aromatic heterocycles. The molecular weight excluding hydrogens is 305 g/mol. The van der Waals surface area contributed by atoms with Crippen LogP contribution in [0.15, 0.2) is 28.7 Å². The minimum absolute atomic E-state index is 0.104. The number of halogens is 2. The average molecular weight is 323 g/mol. The standard InChI is InChI=1S/C10H11BrClNO2.C2H6/c11-8-3-1-7(2-4-8)9(6-14)13-10(15)5-12;1-2/h1-4,9,14H,5-6H2,(H,13,15);1-2H3. The third-order valence-corrected chi connectivity index (χ3v) is 2.68. The lowest BCUT2D eigenvalue weighted by Crippen LogP contribution is -2.31. The molecule has 2 N–H and O–H groups in total. The van der Waals surface area contributed by atoms with Crippen LogP contribution >= 0.6 is 27.5 Å². The van der Waals surface area contributed by atoms with Gasteiger partial charge >= 0.3 is 0 Å². The molecule has 0 aliphatic rings. The van der Waals surface area contributed by atoms with Crippen LogP contribution in [-0.4, -0.2) is 23.5 Å². The molecule has 0 saturated heterocycles. The van der Waals surface area contributed by atoms with Crippen LogP contribution in [0.25, 0.3) is 0 Å². The van der Waals surface area contributed by atoms with Crippen LogP contribution in [0.1, 0.15) is 25.5 Å². The number of aliphatic hydroxyl groups is 1. The van der Waals surface area contributed by atoms with Gasteiger partial charge in [-0.1, -0.05) is 41.9 Å². The summed E-state index contributed by atoms with van der Waals surface area (Å²) in [6.07, 6.45) is 0. The van der Waals surface area contributed by atoms with Gasteiger partial charge in [0.2, 0.25) is 5.91 Å². The number of carbonyl (C=O) groups is 1. The molecule has 1 aromatic rings. The molecular formula is C12H17BrClNO2. The van der Waals surface area contributed by atoms with Crippen LogP contribution in [-0.2, 0) is 4.79 Å². The van der Waals surface area contributed by atoms with Crippen molar-refractivity contribution in [1.29, 1.82) is 0 Å². The fraction of sp³-hybridized carbons (Fsp3) is 0.417. The second-order valence-corrected chi connectivity index (χ2v) is 4.17. The van der Waals surface area contributed by atoms with Crippen molar-refractivity contribution in [3.8, 4) is 0 Å². The summed E-state index contributed by atoms with van der Waals surface area (Å²) in [5, 5.41) is 11.7. The zero-order chi connectivity index (χ0) is 13.3.